The molecule has 0 aliphatic rings. The van der Waals surface area contributed by atoms with Gasteiger partial charge in [0, 0.05) is 42.0 Å². The third kappa shape index (κ3) is 8.89. The Morgan fingerprint density at radius 1 is 0.818 bits per heavy atom. The highest BCUT2D eigenvalue weighted by atomic mass is 32.2. The van der Waals surface area contributed by atoms with E-state index in [0.717, 1.165) is 16.1 Å². The molecule has 0 radical (unpaired) electrons. The Labute approximate surface area is 261 Å². The van der Waals surface area contributed by atoms with Gasteiger partial charge >= 0.3 is 0 Å². The maximum atomic E-state index is 13.5. The lowest BCUT2D eigenvalue weighted by atomic mass is 10.1. The van der Waals surface area contributed by atoms with Crippen LogP contribution in [-0.4, -0.2) is 51.8 Å². The van der Waals surface area contributed by atoms with E-state index in [1.165, 1.54) is 18.9 Å². The van der Waals surface area contributed by atoms with Crippen molar-refractivity contribution in [3.63, 3.8) is 0 Å². The Morgan fingerprint density at radius 2 is 1.57 bits per heavy atom. The fourth-order valence-corrected chi connectivity index (χ4v) is 4.83. The van der Waals surface area contributed by atoms with Crippen LogP contribution in [0.3, 0.4) is 0 Å². The molecule has 226 valence electrons. The van der Waals surface area contributed by atoms with Crippen LogP contribution in [0.25, 0.3) is 6.08 Å². The Bertz CT molecular complexity index is 1640. The van der Waals surface area contributed by atoms with Crippen molar-refractivity contribution in [1.29, 1.82) is 0 Å². The second-order valence-electron chi connectivity index (χ2n) is 9.75. The highest BCUT2D eigenvalue weighted by Gasteiger charge is 2.16. The lowest BCUT2D eigenvalue weighted by molar-refractivity contribution is -0.114. The molecule has 4 aromatic rings. The van der Waals surface area contributed by atoms with Crippen molar-refractivity contribution in [3.8, 4) is 11.5 Å². The maximum Gasteiger partial charge on any atom is 0.272 e. The number of carbonyl (C=O) groups is 3. The van der Waals surface area contributed by atoms with Gasteiger partial charge in [-0.1, -0.05) is 36.4 Å². The molecule has 3 amide bonds. The third-order valence-corrected chi connectivity index (χ3v) is 7.39. The molecule has 9 nitrogen and oxygen atoms in total. The van der Waals surface area contributed by atoms with Gasteiger partial charge in [-0.25, -0.2) is 0 Å². The first-order valence-corrected chi connectivity index (χ1v) is 14.7. The number of ether oxygens (including phenoxy) is 2. The number of rotatable bonds is 12. The SMILES string of the molecule is COc1ccc(NC(=O)CSc2cccc(NC(=O)/C(=C\c3ccc(N(C)C)cc3)NC(=O)c3ccccc3)c2)c(OC)c1. The lowest BCUT2D eigenvalue weighted by Crippen LogP contribution is -2.30. The zero-order valence-electron chi connectivity index (χ0n) is 24.9. The van der Waals surface area contributed by atoms with Gasteiger partial charge in [0.2, 0.25) is 5.91 Å². The first-order valence-electron chi connectivity index (χ1n) is 13.7. The summed E-state index contributed by atoms with van der Waals surface area (Å²) in [4.78, 5) is 41.8. The van der Waals surface area contributed by atoms with Crippen LogP contribution in [0.1, 0.15) is 15.9 Å². The molecular formula is C34H34N4O5S. The Kier molecular flexibility index (Phi) is 11.0. The summed E-state index contributed by atoms with van der Waals surface area (Å²) in [5.74, 6) is 0.130. The zero-order valence-corrected chi connectivity index (χ0v) is 25.7. The number of nitrogens with zero attached hydrogens (tertiary/aromatic N) is 1. The van der Waals surface area contributed by atoms with Gasteiger partial charge in [-0.2, -0.15) is 0 Å². The predicted molar refractivity (Wildman–Crippen MR) is 177 cm³/mol. The molecular weight excluding hydrogens is 576 g/mol. The smallest absolute Gasteiger partial charge is 0.272 e. The average molecular weight is 611 g/mol. The number of hydrogen-bond acceptors (Lipinski definition) is 7. The summed E-state index contributed by atoms with van der Waals surface area (Å²) in [7, 11) is 6.97. The van der Waals surface area contributed by atoms with Crippen molar-refractivity contribution in [2.45, 2.75) is 4.90 Å². The fraction of sp³-hybridized carbons (Fsp3) is 0.147. The minimum atomic E-state index is -0.488. The molecule has 10 heteroatoms. The monoisotopic (exact) mass is 610 g/mol. The quantitative estimate of drug-likeness (QED) is 0.135. The Hall–Kier alpha value is -5.22. The van der Waals surface area contributed by atoms with E-state index in [0.29, 0.717) is 28.4 Å². The summed E-state index contributed by atoms with van der Waals surface area (Å²) >= 11 is 1.32. The van der Waals surface area contributed by atoms with E-state index in [9.17, 15) is 14.4 Å². The standard InChI is InChI=1S/C34H34N4O5S/c1-38(2)26-15-13-23(14-16-26)19-30(37-33(40)24-9-6-5-7-10-24)34(41)35-25-11-8-12-28(20-25)44-22-32(39)36-29-18-17-27(42-3)21-31(29)43-4/h5-21H,22H2,1-4H3,(H,35,41)(H,36,39)(H,37,40)/b30-19+. The van der Waals surface area contributed by atoms with Gasteiger partial charge in [0.25, 0.3) is 11.8 Å². The molecule has 0 bridgehead atoms. The van der Waals surface area contributed by atoms with Crippen LogP contribution < -0.4 is 30.3 Å². The number of hydrogen-bond donors (Lipinski definition) is 3. The van der Waals surface area contributed by atoms with Crippen molar-refractivity contribution < 1.29 is 23.9 Å². The summed E-state index contributed by atoms with van der Waals surface area (Å²) in [6.07, 6.45) is 1.63. The Morgan fingerprint density at radius 3 is 2.25 bits per heavy atom. The van der Waals surface area contributed by atoms with Crippen molar-refractivity contribution in [3.05, 3.63) is 114 Å². The molecule has 0 aromatic heterocycles. The maximum absolute atomic E-state index is 13.5. The molecule has 4 rings (SSSR count). The molecule has 0 fully saturated rings. The van der Waals surface area contributed by atoms with Crippen molar-refractivity contribution in [2.75, 3.05) is 49.6 Å². The van der Waals surface area contributed by atoms with E-state index in [4.69, 9.17) is 9.47 Å². The summed E-state index contributed by atoms with van der Waals surface area (Å²) in [5, 5.41) is 8.48. The topological polar surface area (TPSA) is 109 Å². The van der Waals surface area contributed by atoms with Gasteiger partial charge in [0.1, 0.15) is 17.2 Å². The lowest BCUT2D eigenvalue weighted by Gasteiger charge is -2.14. The molecule has 0 saturated carbocycles. The van der Waals surface area contributed by atoms with E-state index < -0.39 is 11.8 Å². The fourth-order valence-electron chi connectivity index (χ4n) is 4.08. The van der Waals surface area contributed by atoms with E-state index in [-0.39, 0.29) is 17.4 Å². The molecule has 0 saturated heterocycles. The highest BCUT2D eigenvalue weighted by Crippen LogP contribution is 2.30. The number of amides is 3. The van der Waals surface area contributed by atoms with Gasteiger partial charge in [0.15, 0.2) is 0 Å². The first-order chi connectivity index (χ1) is 21.2. The summed E-state index contributed by atoms with van der Waals surface area (Å²) < 4.78 is 10.6. The second-order valence-corrected chi connectivity index (χ2v) is 10.8. The van der Waals surface area contributed by atoms with Crippen LogP contribution in [0.5, 0.6) is 11.5 Å². The molecule has 0 aliphatic carbocycles. The van der Waals surface area contributed by atoms with E-state index in [1.807, 2.05) is 55.4 Å². The summed E-state index contributed by atoms with van der Waals surface area (Å²) in [6.45, 7) is 0. The summed E-state index contributed by atoms with van der Waals surface area (Å²) in [6, 6.07) is 28.6. The van der Waals surface area contributed by atoms with E-state index >= 15 is 0 Å². The predicted octanol–water partition coefficient (Wildman–Crippen LogP) is 5.91. The average Bonchev–Trinajstić information content (AvgIpc) is 3.04. The molecule has 4 aromatic carbocycles. The summed E-state index contributed by atoms with van der Waals surface area (Å²) in [5.41, 5.74) is 3.32. The molecule has 44 heavy (non-hydrogen) atoms. The van der Waals surface area contributed by atoms with Gasteiger partial charge in [-0.05, 0) is 66.2 Å². The zero-order chi connectivity index (χ0) is 31.5. The number of nitrogens with one attached hydrogen (secondary N) is 3. The molecule has 0 atom stereocenters. The molecule has 0 aliphatic heterocycles. The van der Waals surface area contributed by atoms with Gasteiger partial charge in [0.05, 0.1) is 25.7 Å². The number of benzene rings is 4. The number of methoxy groups -OCH3 is 2. The van der Waals surface area contributed by atoms with E-state index in [2.05, 4.69) is 16.0 Å². The molecule has 0 unspecified atom stereocenters. The molecule has 3 N–H and O–H groups in total. The minimum Gasteiger partial charge on any atom is -0.497 e. The Balaban J connectivity index is 1.45. The van der Waals surface area contributed by atoms with Gasteiger partial charge in [-0.3, -0.25) is 14.4 Å². The van der Waals surface area contributed by atoms with Crippen LogP contribution in [0.4, 0.5) is 17.1 Å². The van der Waals surface area contributed by atoms with Gasteiger partial charge in [-0.15, -0.1) is 11.8 Å². The normalized spacial score (nSPS) is 10.9. The van der Waals surface area contributed by atoms with Crippen LogP contribution in [0.2, 0.25) is 0 Å². The number of anilines is 3. The van der Waals surface area contributed by atoms with Crippen LogP contribution in [0.15, 0.2) is 108 Å². The third-order valence-electron chi connectivity index (χ3n) is 6.39. The van der Waals surface area contributed by atoms with Gasteiger partial charge < -0.3 is 30.3 Å². The van der Waals surface area contributed by atoms with Crippen molar-refractivity contribution in [2.24, 2.45) is 0 Å². The minimum absolute atomic E-state index is 0.0855. The number of carbonyl (C=O) groups excluding carboxylic acids is 3. The second kappa shape index (κ2) is 15.3. The van der Waals surface area contributed by atoms with Crippen molar-refractivity contribution in [1.82, 2.24) is 5.32 Å². The van der Waals surface area contributed by atoms with Crippen LogP contribution in [-0.2, 0) is 9.59 Å². The highest BCUT2D eigenvalue weighted by molar-refractivity contribution is 8.00. The van der Waals surface area contributed by atoms with E-state index in [1.54, 1.807) is 73.8 Å². The largest absolute Gasteiger partial charge is 0.497 e. The molecule has 0 heterocycles. The van der Waals surface area contributed by atoms with Crippen LogP contribution in [0, 0.1) is 0 Å². The first kappa shape index (κ1) is 31.7. The van der Waals surface area contributed by atoms with Crippen molar-refractivity contribution >= 4 is 52.6 Å². The van der Waals surface area contributed by atoms with Crippen LogP contribution >= 0.6 is 11.8 Å². The molecule has 0 spiro atoms. The number of thioether (sulfide) groups is 1.